The van der Waals surface area contributed by atoms with Crippen LogP contribution in [0.1, 0.15) is 25.3 Å². The normalized spacial score (nSPS) is 20.5. The van der Waals surface area contributed by atoms with E-state index in [1.54, 1.807) is 18.2 Å². The Balaban J connectivity index is 2.46. The van der Waals surface area contributed by atoms with E-state index in [0.29, 0.717) is 5.02 Å². The van der Waals surface area contributed by atoms with Crippen LogP contribution in [0.4, 0.5) is 0 Å². The molecule has 0 aliphatic heterocycles. The van der Waals surface area contributed by atoms with Gasteiger partial charge in [0.1, 0.15) is 5.75 Å². The Labute approximate surface area is 88.7 Å². The van der Waals surface area contributed by atoms with Gasteiger partial charge < -0.3 is 10.8 Å². The summed E-state index contributed by atoms with van der Waals surface area (Å²) >= 11 is 6.10. The summed E-state index contributed by atoms with van der Waals surface area (Å²) in [7, 11) is 0. The van der Waals surface area contributed by atoms with Crippen molar-refractivity contribution < 1.29 is 5.11 Å². The highest BCUT2D eigenvalue weighted by atomic mass is 35.5. The molecule has 0 saturated heterocycles. The molecule has 0 heterocycles. The third-order valence-electron chi connectivity index (χ3n) is 3.15. The number of hydrogen-bond acceptors (Lipinski definition) is 2. The van der Waals surface area contributed by atoms with Crippen LogP contribution >= 0.6 is 11.6 Å². The summed E-state index contributed by atoms with van der Waals surface area (Å²) in [5, 5.41) is 10.1. The molecule has 0 spiro atoms. The largest absolute Gasteiger partial charge is 0.508 e. The van der Waals surface area contributed by atoms with Crippen LogP contribution in [0.3, 0.4) is 0 Å². The average molecular weight is 212 g/mol. The van der Waals surface area contributed by atoms with E-state index in [9.17, 15) is 5.11 Å². The van der Waals surface area contributed by atoms with Gasteiger partial charge in [0.05, 0.1) is 0 Å². The van der Waals surface area contributed by atoms with E-state index < -0.39 is 0 Å². The number of halogens is 1. The van der Waals surface area contributed by atoms with E-state index in [4.69, 9.17) is 17.3 Å². The Kier molecular flexibility index (Phi) is 2.20. The van der Waals surface area contributed by atoms with Gasteiger partial charge >= 0.3 is 0 Å². The van der Waals surface area contributed by atoms with E-state index in [2.05, 4.69) is 0 Å². The fourth-order valence-electron chi connectivity index (χ4n) is 2.00. The van der Waals surface area contributed by atoms with Gasteiger partial charge in [0.25, 0.3) is 0 Å². The molecule has 1 aromatic rings. The molecule has 1 fully saturated rings. The predicted molar refractivity (Wildman–Crippen MR) is 57.7 cm³/mol. The molecule has 1 aliphatic carbocycles. The Morgan fingerprint density at radius 2 is 2.14 bits per heavy atom. The van der Waals surface area contributed by atoms with Crippen molar-refractivity contribution in [1.29, 1.82) is 0 Å². The number of phenolic OH excluding ortho intramolecular Hbond substituents is 1. The topological polar surface area (TPSA) is 46.2 Å². The number of hydrogen-bond donors (Lipinski definition) is 2. The van der Waals surface area contributed by atoms with Crippen LogP contribution in [0, 0.1) is 0 Å². The lowest BCUT2D eigenvalue weighted by molar-refractivity contribution is 0.471. The lowest BCUT2D eigenvalue weighted by Gasteiger charge is -2.21. The van der Waals surface area contributed by atoms with Crippen molar-refractivity contribution in [3.05, 3.63) is 28.8 Å². The number of rotatable bonds is 2. The van der Waals surface area contributed by atoms with Gasteiger partial charge in [-0.1, -0.05) is 11.6 Å². The van der Waals surface area contributed by atoms with Crippen LogP contribution in [0.15, 0.2) is 18.2 Å². The van der Waals surface area contributed by atoms with Gasteiger partial charge in [-0.25, -0.2) is 0 Å². The van der Waals surface area contributed by atoms with Crippen molar-refractivity contribution in [1.82, 2.24) is 0 Å². The zero-order chi connectivity index (χ0) is 10.3. The van der Waals surface area contributed by atoms with Gasteiger partial charge in [-0.05, 0) is 43.5 Å². The maximum absolute atomic E-state index is 9.41. The van der Waals surface area contributed by atoms with Crippen molar-refractivity contribution in [3.8, 4) is 5.75 Å². The van der Waals surface area contributed by atoms with E-state index in [1.807, 2.05) is 6.92 Å². The Bertz CT molecular complexity index is 358. The third-order valence-corrected chi connectivity index (χ3v) is 3.48. The molecule has 1 atom stereocenters. The predicted octanol–water partition coefficient (Wildman–Crippen LogP) is 2.42. The summed E-state index contributed by atoms with van der Waals surface area (Å²) in [4.78, 5) is 0. The SMILES string of the molecule is CC(N)C1(c2cc(O)ccc2Cl)CC1. The second-order valence-electron chi connectivity index (χ2n) is 4.11. The lowest BCUT2D eigenvalue weighted by atomic mass is 9.89. The maximum Gasteiger partial charge on any atom is 0.115 e. The van der Waals surface area contributed by atoms with Gasteiger partial charge in [0.15, 0.2) is 0 Å². The van der Waals surface area contributed by atoms with Gasteiger partial charge in [-0.15, -0.1) is 0 Å². The van der Waals surface area contributed by atoms with Crippen LogP contribution in [0.25, 0.3) is 0 Å². The quantitative estimate of drug-likeness (QED) is 0.789. The first kappa shape index (κ1) is 9.81. The highest BCUT2D eigenvalue weighted by Gasteiger charge is 2.48. The fourth-order valence-corrected chi connectivity index (χ4v) is 2.31. The zero-order valence-electron chi connectivity index (χ0n) is 8.13. The molecule has 1 unspecified atom stereocenters. The van der Waals surface area contributed by atoms with Crippen LogP contribution < -0.4 is 5.73 Å². The zero-order valence-corrected chi connectivity index (χ0v) is 8.88. The van der Waals surface area contributed by atoms with E-state index in [-0.39, 0.29) is 17.2 Å². The molecule has 3 N–H and O–H groups in total. The molecular formula is C11H14ClNO. The minimum atomic E-state index is 0.00975. The van der Waals surface area contributed by atoms with E-state index in [1.165, 1.54) is 0 Å². The molecule has 0 bridgehead atoms. The Hall–Kier alpha value is -0.730. The maximum atomic E-state index is 9.41. The first-order valence-corrected chi connectivity index (χ1v) is 5.19. The first-order valence-electron chi connectivity index (χ1n) is 4.81. The smallest absolute Gasteiger partial charge is 0.115 e. The third kappa shape index (κ3) is 1.39. The summed E-state index contributed by atoms with van der Waals surface area (Å²) in [6, 6.07) is 5.15. The Morgan fingerprint density at radius 3 is 2.64 bits per heavy atom. The standard InChI is InChI=1S/C11H14ClNO/c1-7(13)11(4-5-11)9-6-8(14)2-3-10(9)12/h2-3,6-7,14H,4-5,13H2,1H3. The second-order valence-corrected chi connectivity index (χ2v) is 4.52. The Morgan fingerprint density at radius 1 is 1.50 bits per heavy atom. The van der Waals surface area contributed by atoms with Crippen molar-refractivity contribution in [2.75, 3.05) is 0 Å². The lowest BCUT2D eigenvalue weighted by Crippen LogP contribution is -2.31. The molecule has 1 saturated carbocycles. The first-order chi connectivity index (χ1) is 6.56. The van der Waals surface area contributed by atoms with Crippen LogP contribution in [-0.2, 0) is 5.41 Å². The molecule has 2 rings (SSSR count). The average Bonchev–Trinajstić information content (AvgIpc) is 2.90. The highest BCUT2D eigenvalue weighted by molar-refractivity contribution is 6.31. The molecule has 1 aliphatic rings. The molecule has 76 valence electrons. The summed E-state index contributed by atoms with van der Waals surface area (Å²) < 4.78 is 0. The van der Waals surface area contributed by atoms with Crippen molar-refractivity contribution in [2.24, 2.45) is 5.73 Å². The number of nitrogens with two attached hydrogens (primary N) is 1. The van der Waals surface area contributed by atoms with E-state index in [0.717, 1.165) is 18.4 Å². The van der Waals surface area contributed by atoms with Gasteiger partial charge in [-0.2, -0.15) is 0 Å². The van der Waals surface area contributed by atoms with Crippen molar-refractivity contribution in [3.63, 3.8) is 0 Å². The van der Waals surface area contributed by atoms with Gasteiger partial charge in [0, 0.05) is 16.5 Å². The van der Waals surface area contributed by atoms with Gasteiger partial charge in [0.2, 0.25) is 0 Å². The summed E-state index contributed by atoms with van der Waals surface area (Å²) in [6.45, 7) is 1.99. The molecule has 14 heavy (non-hydrogen) atoms. The second kappa shape index (κ2) is 3.14. The van der Waals surface area contributed by atoms with Crippen molar-refractivity contribution in [2.45, 2.75) is 31.2 Å². The molecular weight excluding hydrogens is 198 g/mol. The molecule has 2 nitrogen and oxygen atoms in total. The minimum Gasteiger partial charge on any atom is -0.508 e. The highest BCUT2D eigenvalue weighted by Crippen LogP contribution is 2.52. The fraction of sp³-hybridized carbons (Fsp3) is 0.455. The minimum absolute atomic E-state index is 0.00975. The molecule has 1 aromatic carbocycles. The van der Waals surface area contributed by atoms with Crippen molar-refractivity contribution >= 4 is 11.6 Å². The molecule has 0 aromatic heterocycles. The van der Waals surface area contributed by atoms with Crippen LogP contribution in [-0.4, -0.2) is 11.1 Å². The van der Waals surface area contributed by atoms with E-state index >= 15 is 0 Å². The van der Waals surface area contributed by atoms with Crippen LogP contribution in [0.2, 0.25) is 5.02 Å². The number of aromatic hydroxyl groups is 1. The summed E-state index contributed by atoms with van der Waals surface area (Å²) in [6.07, 6.45) is 2.13. The van der Waals surface area contributed by atoms with Crippen LogP contribution in [0.5, 0.6) is 5.75 Å². The van der Waals surface area contributed by atoms with Gasteiger partial charge in [-0.3, -0.25) is 0 Å². The molecule has 0 radical (unpaired) electrons. The number of benzene rings is 1. The summed E-state index contributed by atoms with van der Waals surface area (Å²) in [5.41, 5.74) is 6.95. The molecule has 3 heteroatoms. The molecule has 0 amide bonds. The monoisotopic (exact) mass is 211 g/mol. The summed E-state index contributed by atoms with van der Waals surface area (Å²) in [5.74, 6) is 0.260. The number of phenols is 1.